The van der Waals surface area contributed by atoms with Crippen molar-refractivity contribution in [1.29, 1.82) is 0 Å². The number of benzene rings is 1. The second kappa shape index (κ2) is 3.13. The van der Waals surface area contributed by atoms with Crippen LogP contribution in [-0.4, -0.2) is 11.1 Å². The summed E-state index contributed by atoms with van der Waals surface area (Å²) < 4.78 is 0. The largest absolute Gasteiger partial charge is 0.478 e. The molecule has 62 valence electrons. The summed E-state index contributed by atoms with van der Waals surface area (Å²) in [5.41, 5.74) is 0.528. The number of nitroso groups, excluding NO2 is 1. The van der Waals surface area contributed by atoms with Crippen LogP contribution in [0.4, 0.5) is 5.69 Å². The molecule has 0 fully saturated rings. The van der Waals surface area contributed by atoms with Crippen LogP contribution in [0.5, 0.6) is 0 Å². The maximum atomic E-state index is 10.5. The minimum Gasteiger partial charge on any atom is -0.478 e. The number of aromatic carboxylic acids is 1. The Kier molecular flexibility index (Phi) is 2.19. The van der Waals surface area contributed by atoms with Gasteiger partial charge in [0.15, 0.2) is 0 Å². The number of carbonyl (C=O) groups is 1. The Morgan fingerprint density at radius 2 is 2.17 bits per heavy atom. The molecule has 4 heteroatoms. The SMILES string of the molecule is Cc1cccc(C(=O)O)c1N=O. The van der Waals surface area contributed by atoms with E-state index in [0.29, 0.717) is 5.56 Å². The van der Waals surface area contributed by atoms with E-state index < -0.39 is 5.97 Å². The molecule has 0 bridgehead atoms. The fourth-order valence-electron chi connectivity index (χ4n) is 0.953. The molecule has 0 aromatic heterocycles. The zero-order valence-corrected chi connectivity index (χ0v) is 6.44. The predicted octanol–water partition coefficient (Wildman–Crippen LogP) is 2.09. The van der Waals surface area contributed by atoms with E-state index in [9.17, 15) is 9.70 Å². The molecule has 1 aromatic carbocycles. The number of carboxylic acids is 1. The Labute approximate surface area is 68.8 Å². The molecular weight excluding hydrogens is 158 g/mol. The molecule has 0 spiro atoms. The van der Waals surface area contributed by atoms with E-state index >= 15 is 0 Å². The second-order valence-electron chi connectivity index (χ2n) is 2.37. The molecule has 0 aliphatic carbocycles. The van der Waals surface area contributed by atoms with Crippen LogP contribution in [0.3, 0.4) is 0 Å². The van der Waals surface area contributed by atoms with E-state index in [0.717, 1.165) is 0 Å². The number of carboxylic acid groups (broad SMARTS) is 1. The van der Waals surface area contributed by atoms with Crippen molar-refractivity contribution in [2.24, 2.45) is 5.18 Å². The Balaban J connectivity index is 3.37. The molecule has 0 saturated heterocycles. The minimum absolute atomic E-state index is 0.00463. The van der Waals surface area contributed by atoms with Gasteiger partial charge >= 0.3 is 5.97 Å². The summed E-state index contributed by atoms with van der Waals surface area (Å²) in [5, 5.41) is 11.3. The second-order valence-corrected chi connectivity index (χ2v) is 2.37. The van der Waals surface area contributed by atoms with Crippen LogP contribution in [0, 0.1) is 11.8 Å². The van der Waals surface area contributed by atoms with Gasteiger partial charge in [-0.1, -0.05) is 12.1 Å². The lowest BCUT2D eigenvalue weighted by molar-refractivity contribution is 0.0697. The van der Waals surface area contributed by atoms with Gasteiger partial charge in [0.05, 0.1) is 5.56 Å². The highest BCUT2D eigenvalue weighted by molar-refractivity contribution is 5.94. The van der Waals surface area contributed by atoms with E-state index in [2.05, 4.69) is 5.18 Å². The predicted molar refractivity (Wildman–Crippen MR) is 43.6 cm³/mol. The third-order valence-corrected chi connectivity index (χ3v) is 1.56. The maximum absolute atomic E-state index is 10.5. The number of nitrogens with zero attached hydrogens (tertiary/aromatic N) is 1. The first-order chi connectivity index (χ1) is 5.66. The molecule has 0 aliphatic heterocycles. The molecule has 4 nitrogen and oxygen atoms in total. The van der Waals surface area contributed by atoms with Crippen molar-refractivity contribution in [3.05, 3.63) is 34.2 Å². The molecule has 12 heavy (non-hydrogen) atoms. The van der Waals surface area contributed by atoms with Gasteiger partial charge in [0.2, 0.25) is 0 Å². The summed E-state index contributed by atoms with van der Waals surface area (Å²) in [6.07, 6.45) is 0. The lowest BCUT2D eigenvalue weighted by Gasteiger charge is -1.99. The smallest absolute Gasteiger partial charge is 0.338 e. The summed E-state index contributed by atoms with van der Waals surface area (Å²) in [7, 11) is 0. The van der Waals surface area contributed by atoms with E-state index in [-0.39, 0.29) is 11.3 Å². The van der Waals surface area contributed by atoms with Gasteiger partial charge < -0.3 is 5.11 Å². The Bertz CT molecular complexity index is 333. The Hall–Kier alpha value is -1.71. The fourth-order valence-corrected chi connectivity index (χ4v) is 0.953. The molecule has 0 radical (unpaired) electrons. The first-order valence-electron chi connectivity index (χ1n) is 3.33. The molecule has 0 unspecified atom stereocenters. The summed E-state index contributed by atoms with van der Waals surface area (Å²) in [6, 6.07) is 4.57. The van der Waals surface area contributed by atoms with Gasteiger partial charge in [-0.25, -0.2) is 4.79 Å². The van der Waals surface area contributed by atoms with Gasteiger partial charge in [-0.2, -0.15) is 0 Å². The standard InChI is InChI=1S/C8H7NO3/c1-5-3-2-4-6(8(10)11)7(5)9-12/h2-4H,1H3,(H,10,11). The first kappa shape index (κ1) is 8.39. The van der Waals surface area contributed by atoms with Crippen molar-refractivity contribution in [3.63, 3.8) is 0 Å². The van der Waals surface area contributed by atoms with Gasteiger partial charge in [-0.3, -0.25) is 0 Å². The minimum atomic E-state index is -1.13. The van der Waals surface area contributed by atoms with Crippen molar-refractivity contribution >= 4 is 11.7 Å². The van der Waals surface area contributed by atoms with Crippen LogP contribution in [-0.2, 0) is 0 Å². The summed E-state index contributed by atoms with van der Waals surface area (Å²) in [5.74, 6) is -1.13. The average Bonchev–Trinajstić information content (AvgIpc) is 2.03. The lowest BCUT2D eigenvalue weighted by Crippen LogP contribution is -1.96. The monoisotopic (exact) mass is 165 g/mol. The third kappa shape index (κ3) is 1.32. The average molecular weight is 165 g/mol. The van der Waals surface area contributed by atoms with E-state index in [1.54, 1.807) is 19.1 Å². The Morgan fingerprint density at radius 1 is 1.50 bits per heavy atom. The number of aryl methyl sites for hydroxylation is 1. The van der Waals surface area contributed by atoms with Crippen LogP contribution in [0.1, 0.15) is 15.9 Å². The summed E-state index contributed by atoms with van der Waals surface area (Å²) in [4.78, 5) is 20.8. The van der Waals surface area contributed by atoms with Crippen LogP contribution >= 0.6 is 0 Å². The van der Waals surface area contributed by atoms with Crippen molar-refractivity contribution in [2.45, 2.75) is 6.92 Å². The van der Waals surface area contributed by atoms with Crippen LogP contribution < -0.4 is 0 Å². The first-order valence-corrected chi connectivity index (χ1v) is 3.33. The van der Waals surface area contributed by atoms with Crippen molar-refractivity contribution in [1.82, 2.24) is 0 Å². The van der Waals surface area contributed by atoms with Gasteiger partial charge in [0.25, 0.3) is 0 Å². The molecular formula is C8H7NO3. The summed E-state index contributed by atoms with van der Waals surface area (Å²) >= 11 is 0. The van der Waals surface area contributed by atoms with E-state index in [4.69, 9.17) is 5.11 Å². The summed E-state index contributed by atoms with van der Waals surface area (Å²) in [6.45, 7) is 1.64. The highest BCUT2D eigenvalue weighted by Crippen LogP contribution is 2.22. The normalized spacial score (nSPS) is 9.42. The lowest BCUT2D eigenvalue weighted by atomic mass is 10.1. The number of hydrogen-bond donors (Lipinski definition) is 1. The van der Waals surface area contributed by atoms with E-state index in [1.807, 2.05) is 0 Å². The Morgan fingerprint density at radius 3 is 2.58 bits per heavy atom. The highest BCUT2D eigenvalue weighted by Gasteiger charge is 2.11. The van der Waals surface area contributed by atoms with Gasteiger partial charge in [0, 0.05) is 0 Å². The van der Waals surface area contributed by atoms with Crippen LogP contribution in [0.15, 0.2) is 23.4 Å². The molecule has 0 saturated carbocycles. The zero-order chi connectivity index (χ0) is 9.14. The van der Waals surface area contributed by atoms with Crippen LogP contribution in [0.2, 0.25) is 0 Å². The topological polar surface area (TPSA) is 66.7 Å². The molecule has 0 atom stereocenters. The molecule has 0 heterocycles. The number of rotatable bonds is 2. The van der Waals surface area contributed by atoms with Gasteiger partial charge in [0.1, 0.15) is 5.69 Å². The third-order valence-electron chi connectivity index (χ3n) is 1.56. The van der Waals surface area contributed by atoms with Crippen molar-refractivity contribution < 1.29 is 9.90 Å². The quantitative estimate of drug-likeness (QED) is 0.682. The van der Waals surface area contributed by atoms with Gasteiger partial charge in [-0.05, 0) is 23.7 Å². The fraction of sp³-hybridized carbons (Fsp3) is 0.125. The molecule has 0 amide bonds. The molecule has 1 rings (SSSR count). The maximum Gasteiger partial charge on any atom is 0.338 e. The molecule has 1 aromatic rings. The number of hydrogen-bond acceptors (Lipinski definition) is 3. The molecule has 1 N–H and O–H groups in total. The zero-order valence-electron chi connectivity index (χ0n) is 6.44. The molecule has 0 aliphatic rings. The van der Waals surface area contributed by atoms with Crippen LogP contribution in [0.25, 0.3) is 0 Å². The van der Waals surface area contributed by atoms with E-state index in [1.165, 1.54) is 6.07 Å². The highest BCUT2D eigenvalue weighted by atomic mass is 16.4. The van der Waals surface area contributed by atoms with Gasteiger partial charge in [-0.15, -0.1) is 4.91 Å². The van der Waals surface area contributed by atoms with Crippen molar-refractivity contribution in [3.8, 4) is 0 Å². The van der Waals surface area contributed by atoms with Crippen molar-refractivity contribution in [2.75, 3.05) is 0 Å².